The van der Waals surface area contributed by atoms with Crippen LogP contribution in [-0.2, 0) is 10.0 Å². The second-order valence-corrected chi connectivity index (χ2v) is 6.08. The number of hydrogen-bond donors (Lipinski definition) is 1. The maximum Gasteiger partial charge on any atom is 0.263 e. The summed E-state index contributed by atoms with van der Waals surface area (Å²) in [5.41, 5.74) is -0.749. The average Bonchev–Trinajstić information content (AvgIpc) is 2.36. The van der Waals surface area contributed by atoms with Crippen molar-refractivity contribution >= 4 is 27.3 Å². The molecule has 0 fully saturated rings. The van der Waals surface area contributed by atoms with Crippen LogP contribution >= 0.6 is 11.6 Å². The van der Waals surface area contributed by atoms with Crippen molar-refractivity contribution in [1.29, 1.82) is 5.26 Å². The van der Waals surface area contributed by atoms with Gasteiger partial charge in [-0.2, -0.15) is 5.26 Å². The summed E-state index contributed by atoms with van der Waals surface area (Å²) >= 11 is 5.62. The van der Waals surface area contributed by atoms with Crippen molar-refractivity contribution in [3.8, 4) is 6.07 Å². The number of anilines is 1. The molecule has 0 aromatic heterocycles. The monoisotopic (exact) mass is 328 g/mol. The smallest absolute Gasteiger partial charge is 0.263 e. The molecule has 0 aliphatic heterocycles. The maximum absolute atomic E-state index is 13.5. The Labute approximate surface area is 124 Å². The fraction of sp³-hybridized carbons (Fsp3) is 0. The molecule has 0 saturated carbocycles. The third-order valence-electron chi connectivity index (χ3n) is 2.49. The molecule has 2 aromatic rings. The molecule has 8 heteroatoms. The van der Waals surface area contributed by atoms with Crippen molar-refractivity contribution in [2.75, 3.05) is 4.72 Å². The first-order chi connectivity index (χ1) is 9.83. The Morgan fingerprint density at radius 2 is 1.90 bits per heavy atom. The highest BCUT2D eigenvalue weighted by molar-refractivity contribution is 7.92. The number of hydrogen-bond acceptors (Lipinski definition) is 3. The van der Waals surface area contributed by atoms with E-state index in [9.17, 15) is 17.2 Å². The molecule has 0 spiro atoms. The minimum Gasteiger partial charge on any atom is -0.279 e. The zero-order chi connectivity index (χ0) is 15.6. The molecule has 4 nitrogen and oxygen atoms in total. The van der Waals surface area contributed by atoms with Crippen LogP contribution < -0.4 is 4.72 Å². The fourth-order valence-corrected chi connectivity index (χ4v) is 3.09. The standard InChI is InChI=1S/C13H7ClF2N2O2S/c14-8-4-9(15)6-10(5-8)18-21(19,20)13-3-1-2-12(16)11(13)7-17/h1-6,18H. The Kier molecular flexibility index (Phi) is 4.11. The van der Waals surface area contributed by atoms with Crippen LogP contribution in [0, 0.1) is 23.0 Å². The van der Waals surface area contributed by atoms with Gasteiger partial charge in [-0.05, 0) is 30.3 Å². The maximum atomic E-state index is 13.5. The van der Waals surface area contributed by atoms with Crippen LogP contribution in [0.25, 0.3) is 0 Å². The van der Waals surface area contributed by atoms with Crippen molar-refractivity contribution in [2.24, 2.45) is 0 Å². The summed E-state index contributed by atoms with van der Waals surface area (Å²) in [6, 6.07) is 7.79. The topological polar surface area (TPSA) is 70.0 Å². The Morgan fingerprint density at radius 3 is 2.52 bits per heavy atom. The van der Waals surface area contributed by atoms with Crippen molar-refractivity contribution in [2.45, 2.75) is 4.90 Å². The molecule has 2 rings (SSSR count). The first kappa shape index (κ1) is 15.2. The van der Waals surface area contributed by atoms with Crippen LogP contribution in [0.1, 0.15) is 5.56 Å². The molecule has 21 heavy (non-hydrogen) atoms. The molecule has 2 aromatic carbocycles. The number of nitrogens with zero attached hydrogens (tertiary/aromatic N) is 1. The summed E-state index contributed by atoms with van der Waals surface area (Å²) in [5, 5.41) is 8.85. The Hall–Kier alpha value is -2.17. The van der Waals surface area contributed by atoms with Crippen LogP contribution in [0.4, 0.5) is 14.5 Å². The minimum atomic E-state index is -4.25. The molecular formula is C13H7ClF2N2O2S. The first-order valence-electron chi connectivity index (χ1n) is 5.51. The van der Waals surface area contributed by atoms with Crippen LogP contribution in [0.5, 0.6) is 0 Å². The second-order valence-electron chi connectivity index (χ2n) is 3.99. The lowest BCUT2D eigenvalue weighted by molar-refractivity contribution is 0.593. The summed E-state index contributed by atoms with van der Waals surface area (Å²) in [6.45, 7) is 0. The molecule has 0 radical (unpaired) electrons. The third-order valence-corrected chi connectivity index (χ3v) is 4.13. The van der Waals surface area contributed by atoms with E-state index in [0.717, 1.165) is 30.3 Å². The van der Waals surface area contributed by atoms with Crippen molar-refractivity contribution in [3.05, 3.63) is 58.6 Å². The van der Waals surface area contributed by atoms with Gasteiger partial charge in [0.1, 0.15) is 28.2 Å². The van der Waals surface area contributed by atoms with Gasteiger partial charge in [0.15, 0.2) is 0 Å². The summed E-state index contributed by atoms with van der Waals surface area (Å²) in [6.07, 6.45) is 0. The first-order valence-corrected chi connectivity index (χ1v) is 7.37. The minimum absolute atomic E-state index is 0.00699. The van der Waals surface area contributed by atoms with Crippen molar-refractivity contribution in [3.63, 3.8) is 0 Å². The lowest BCUT2D eigenvalue weighted by Crippen LogP contribution is -2.15. The number of halogens is 3. The van der Waals surface area contributed by atoms with E-state index in [1.807, 2.05) is 4.72 Å². The fourth-order valence-electron chi connectivity index (χ4n) is 1.66. The number of sulfonamides is 1. The summed E-state index contributed by atoms with van der Waals surface area (Å²) in [5.74, 6) is -1.70. The zero-order valence-corrected chi connectivity index (χ0v) is 11.8. The molecule has 0 amide bonds. The third kappa shape index (κ3) is 3.29. The van der Waals surface area contributed by atoms with E-state index in [1.165, 1.54) is 12.1 Å². The predicted molar refractivity (Wildman–Crippen MR) is 73.3 cm³/mol. The molecule has 108 valence electrons. The van der Waals surface area contributed by atoms with Gasteiger partial charge in [-0.1, -0.05) is 17.7 Å². The van der Waals surface area contributed by atoms with Crippen LogP contribution in [0.2, 0.25) is 5.02 Å². The molecule has 0 aliphatic rings. The van der Waals surface area contributed by atoms with Gasteiger partial charge >= 0.3 is 0 Å². The van der Waals surface area contributed by atoms with Crippen LogP contribution in [0.3, 0.4) is 0 Å². The quantitative estimate of drug-likeness (QED) is 0.939. The Morgan fingerprint density at radius 1 is 1.19 bits per heavy atom. The summed E-state index contributed by atoms with van der Waals surface area (Å²) < 4.78 is 53.0. The van der Waals surface area contributed by atoms with Gasteiger partial charge in [0.25, 0.3) is 10.0 Å². The van der Waals surface area contributed by atoms with Gasteiger partial charge in [-0.15, -0.1) is 0 Å². The molecule has 0 bridgehead atoms. The van der Waals surface area contributed by atoms with E-state index < -0.39 is 32.1 Å². The molecule has 0 aliphatic carbocycles. The van der Waals surface area contributed by atoms with Crippen LogP contribution in [0.15, 0.2) is 41.3 Å². The van der Waals surface area contributed by atoms with Crippen molar-refractivity contribution < 1.29 is 17.2 Å². The number of nitrogens with one attached hydrogen (secondary N) is 1. The van der Waals surface area contributed by atoms with Gasteiger partial charge in [0.05, 0.1) is 5.69 Å². The van der Waals surface area contributed by atoms with Gasteiger partial charge in [-0.25, -0.2) is 17.2 Å². The molecule has 1 N–H and O–H groups in total. The van der Waals surface area contributed by atoms with Crippen molar-refractivity contribution in [1.82, 2.24) is 0 Å². The van der Waals surface area contributed by atoms with Gasteiger partial charge < -0.3 is 0 Å². The normalized spacial score (nSPS) is 11.0. The second kappa shape index (κ2) is 5.68. The largest absolute Gasteiger partial charge is 0.279 e. The summed E-state index contributed by atoms with van der Waals surface area (Å²) in [7, 11) is -4.25. The van der Waals surface area contributed by atoms with E-state index >= 15 is 0 Å². The highest BCUT2D eigenvalue weighted by Gasteiger charge is 2.21. The number of rotatable bonds is 3. The Balaban J connectivity index is 2.49. The predicted octanol–water partition coefficient (Wildman–Crippen LogP) is 3.29. The lowest BCUT2D eigenvalue weighted by Gasteiger charge is -2.10. The van der Waals surface area contributed by atoms with Gasteiger partial charge in [0.2, 0.25) is 0 Å². The van der Waals surface area contributed by atoms with E-state index in [4.69, 9.17) is 16.9 Å². The summed E-state index contributed by atoms with van der Waals surface area (Å²) in [4.78, 5) is -0.537. The highest BCUT2D eigenvalue weighted by atomic mass is 35.5. The van der Waals surface area contributed by atoms with Gasteiger partial charge in [-0.3, -0.25) is 4.72 Å². The molecule has 0 unspecified atom stereocenters. The van der Waals surface area contributed by atoms with Gasteiger partial charge in [0, 0.05) is 5.02 Å². The highest BCUT2D eigenvalue weighted by Crippen LogP contribution is 2.24. The van der Waals surface area contributed by atoms with Crippen LogP contribution in [-0.4, -0.2) is 8.42 Å². The zero-order valence-electron chi connectivity index (χ0n) is 10.3. The van der Waals surface area contributed by atoms with E-state index in [-0.39, 0.29) is 10.7 Å². The van der Waals surface area contributed by atoms with E-state index in [0.29, 0.717) is 0 Å². The number of nitriles is 1. The van der Waals surface area contributed by atoms with E-state index in [1.54, 1.807) is 0 Å². The van der Waals surface area contributed by atoms with E-state index in [2.05, 4.69) is 0 Å². The SMILES string of the molecule is N#Cc1c(F)cccc1S(=O)(=O)Nc1cc(F)cc(Cl)c1. The molecule has 0 atom stereocenters. The molecule has 0 saturated heterocycles. The molecular weight excluding hydrogens is 322 g/mol. The Bertz CT molecular complexity index is 827. The number of benzene rings is 2. The average molecular weight is 329 g/mol. The lowest BCUT2D eigenvalue weighted by atomic mass is 10.2. The molecule has 0 heterocycles.